The molecule has 1 aliphatic rings. The van der Waals surface area contributed by atoms with Gasteiger partial charge in [0.2, 0.25) is 0 Å². The van der Waals surface area contributed by atoms with Crippen molar-refractivity contribution in [3.63, 3.8) is 0 Å². The number of Topliss-reactive ketones (excluding diaryl/α,β-unsaturated/α-hetero) is 1. The Morgan fingerprint density at radius 1 is 1.14 bits per heavy atom. The summed E-state index contributed by atoms with van der Waals surface area (Å²) in [6, 6.07) is 15.6. The van der Waals surface area contributed by atoms with E-state index in [2.05, 4.69) is 34.8 Å². The first-order valence-electron chi connectivity index (χ1n) is 11.4. The fourth-order valence-electron chi connectivity index (χ4n) is 4.12. The molecule has 2 heterocycles. The van der Waals surface area contributed by atoms with Crippen LogP contribution >= 0.6 is 15.9 Å². The molecule has 2 aromatic carbocycles. The number of pyridine rings is 1. The number of hydrogen-bond donors (Lipinski definition) is 1. The Kier molecular flexibility index (Phi) is 7.36. The van der Waals surface area contributed by atoms with E-state index >= 15 is 0 Å². The summed E-state index contributed by atoms with van der Waals surface area (Å²) in [7, 11) is 0. The number of likely N-dealkylation sites (tertiary alicyclic amines) is 1. The maximum atomic E-state index is 13.3. The first kappa shape index (κ1) is 24.7. The number of halogens is 1. The minimum atomic E-state index is -0.737. The van der Waals surface area contributed by atoms with E-state index in [4.69, 9.17) is 4.74 Å². The van der Waals surface area contributed by atoms with Crippen molar-refractivity contribution < 1.29 is 19.4 Å². The molecule has 1 N–H and O–H groups in total. The minimum absolute atomic E-state index is 0.0696. The van der Waals surface area contributed by atoms with Crippen molar-refractivity contribution >= 4 is 33.4 Å². The van der Waals surface area contributed by atoms with Gasteiger partial charge in [-0.15, -0.1) is 0 Å². The van der Waals surface area contributed by atoms with Gasteiger partial charge in [-0.25, -0.2) is 0 Å². The lowest BCUT2D eigenvalue weighted by Gasteiger charge is -2.25. The van der Waals surface area contributed by atoms with Crippen LogP contribution in [0.2, 0.25) is 0 Å². The number of aliphatic hydroxyl groups excluding tert-OH is 1. The summed E-state index contributed by atoms with van der Waals surface area (Å²) in [5.41, 5.74) is 2.83. The van der Waals surface area contributed by atoms with Gasteiger partial charge in [-0.1, -0.05) is 48.0 Å². The third kappa shape index (κ3) is 5.30. The molecule has 35 heavy (non-hydrogen) atoms. The van der Waals surface area contributed by atoms with Crippen LogP contribution in [0.5, 0.6) is 5.75 Å². The second kappa shape index (κ2) is 10.4. The lowest BCUT2D eigenvalue weighted by Crippen LogP contribution is -2.29. The summed E-state index contributed by atoms with van der Waals surface area (Å²) < 4.78 is 6.67. The average Bonchev–Trinajstić information content (AvgIpc) is 3.08. The van der Waals surface area contributed by atoms with Crippen molar-refractivity contribution in [2.24, 2.45) is 5.92 Å². The van der Waals surface area contributed by atoms with Gasteiger partial charge >= 0.3 is 0 Å². The van der Waals surface area contributed by atoms with E-state index in [1.807, 2.05) is 43.3 Å². The van der Waals surface area contributed by atoms with Crippen LogP contribution in [-0.2, 0) is 16.1 Å². The minimum Gasteiger partial charge on any atom is -0.507 e. The van der Waals surface area contributed by atoms with E-state index in [9.17, 15) is 14.7 Å². The molecular weight excluding hydrogens is 508 g/mol. The molecule has 1 amide bonds. The highest BCUT2D eigenvalue weighted by Crippen LogP contribution is 2.41. The Morgan fingerprint density at radius 2 is 1.89 bits per heavy atom. The number of rotatable bonds is 7. The Balaban J connectivity index is 1.79. The van der Waals surface area contributed by atoms with Crippen LogP contribution in [0.3, 0.4) is 0 Å². The predicted molar refractivity (Wildman–Crippen MR) is 138 cm³/mol. The van der Waals surface area contributed by atoms with E-state index < -0.39 is 17.7 Å². The topological polar surface area (TPSA) is 79.7 Å². The quantitative estimate of drug-likeness (QED) is 0.235. The lowest BCUT2D eigenvalue weighted by molar-refractivity contribution is -0.140. The first-order chi connectivity index (χ1) is 16.8. The van der Waals surface area contributed by atoms with E-state index in [-0.39, 0.29) is 17.9 Å². The molecule has 1 atom stereocenters. The van der Waals surface area contributed by atoms with Gasteiger partial charge in [-0.05, 0) is 65.9 Å². The molecule has 7 heteroatoms. The van der Waals surface area contributed by atoms with Crippen molar-refractivity contribution in [2.75, 3.05) is 6.61 Å². The van der Waals surface area contributed by atoms with Gasteiger partial charge in [0.1, 0.15) is 11.5 Å². The number of hydrogen-bond acceptors (Lipinski definition) is 5. The monoisotopic (exact) mass is 534 g/mol. The zero-order valence-corrected chi connectivity index (χ0v) is 21.5. The number of carbonyl (C=O) groups excluding carboxylic acids is 2. The van der Waals surface area contributed by atoms with Crippen LogP contribution in [0.1, 0.15) is 42.1 Å². The molecule has 1 saturated heterocycles. The van der Waals surface area contributed by atoms with Gasteiger partial charge in [-0.3, -0.25) is 14.6 Å². The summed E-state index contributed by atoms with van der Waals surface area (Å²) in [4.78, 5) is 32.1. The molecule has 6 nitrogen and oxygen atoms in total. The molecule has 0 radical (unpaired) electrons. The van der Waals surface area contributed by atoms with Crippen LogP contribution in [0.15, 0.2) is 77.0 Å². The summed E-state index contributed by atoms with van der Waals surface area (Å²) in [6.07, 6.45) is 3.32. The van der Waals surface area contributed by atoms with Gasteiger partial charge in [-0.2, -0.15) is 0 Å². The van der Waals surface area contributed by atoms with Gasteiger partial charge in [0, 0.05) is 29.0 Å². The molecule has 4 rings (SSSR count). The van der Waals surface area contributed by atoms with Crippen LogP contribution in [-0.4, -0.2) is 33.3 Å². The van der Waals surface area contributed by atoms with E-state index in [0.717, 1.165) is 21.2 Å². The molecule has 1 aliphatic heterocycles. The van der Waals surface area contributed by atoms with Gasteiger partial charge in [0.15, 0.2) is 0 Å². The summed E-state index contributed by atoms with van der Waals surface area (Å²) in [5.74, 6) is -0.492. The third-order valence-electron chi connectivity index (χ3n) is 5.84. The predicted octanol–water partition coefficient (Wildman–Crippen LogP) is 5.81. The van der Waals surface area contributed by atoms with Crippen LogP contribution in [0.25, 0.3) is 5.76 Å². The number of amides is 1. The SMILES string of the molecule is Cc1cc(OCC(C)C)ccc1/C(O)=C1\C(=O)C(=O)N(Cc2cccnc2)[C@@H]1c1ccc(Br)cc1. The number of aliphatic hydroxyl groups is 1. The van der Waals surface area contributed by atoms with Gasteiger partial charge < -0.3 is 14.7 Å². The van der Waals surface area contributed by atoms with Gasteiger partial charge in [0.25, 0.3) is 11.7 Å². The Labute approximate surface area is 213 Å². The summed E-state index contributed by atoms with van der Waals surface area (Å²) in [5, 5.41) is 11.4. The molecule has 1 fully saturated rings. The number of nitrogens with zero attached hydrogens (tertiary/aromatic N) is 2. The molecule has 1 aromatic heterocycles. The lowest BCUT2D eigenvalue weighted by atomic mass is 9.94. The smallest absolute Gasteiger partial charge is 0.295 e. The van der Waals surface area contributed by atoms with Crippen molar-refractivity contribution in [3.8, 4) is 5.75 Å². The molecule has 0 bridgehead atoms. The first-order valence-corrected chi connectivity index (χ1v) is 12.2. The number of carbonyl (C=O) groups is 2. The van der Waals surface area contributed by atoms with E-state index in [1.54, 1.807) is 30.6 Å². The van der Waals surface area contributed by atoms with Crippen LogP contribution in [0.4, 0.5) is 0 Å². The molecule has 3 aromatic rings. The van der Waals surface area contributed by atoms with Gasteiger partial charge in [0.05, 0.1) is 18.2 Å². The standard InChI is InChI=1S/C28H27BrN2O4/c1-17(2)16-35-22-10-11-23(18(3)13-22)26(32)24-25(20-6-8-21(29)9-7-20)31(28(34)27(24)33)15-19-5-4-12-30-14-19/h4-14,17,25,32H,15-16H2,1-3H3/b26-24+/t25-/m1/s1. The highest BCUT2D eigenvalue weighted by Gasteiger charge is 2.46. The number of benzene rings is 2. The van der Waals surface area contributed by atoms with Crippen LogP contribution in [0, 0.1) is 12.8 Å². The highest BCUT2D eigenvalue weighted by molar-refractivity contribution is 9.10. The largest absolute Gasteiger partial charge is 0.507 e. The van der Waals surface area contributed by atoms with Crippen molar-refractivity contribution in [2.45, 2.75) is 33.4 Å². The number of aryl methyl sites for hydroxylation is 1. The fourth-order valence-corrected chi connectivity index (χ4v) is 4.39. The van der Waals surface area contributed by atoms with Crippen molar-refractivity contribution in [3.05, 3.63) is 99.3 Å². The maximum Gasteiger partial charge on any atom is 0.295 e. The van der Waals surface area contributed by atoms with E-state index in [1.165, 1.54) is 4.90 Å². The Bertz CT molecular complexity index is 1270. The number of ketones is 1. The van der Waals surface area contributed by atoms with E-state index in [0.29, 0.717) is 23.8 Å². The zero-order chi connectivity index (χ0) is 25.1. The molecule has 0 saturated carbocycles. The second-order valence-corrected chi connectivity index (χ2v) is 9.94. The van der Waals surface area contributed by atoms with Crippen molar-refractivity contribution in [1.82, 2.24) is 9.88 Å². The summed E-state index contributed by atoms with van der Waals surface area (Å²) in [6.45, 7) is 6.75. The Hall–Kier alpha value is -3.45. The molecule has 180 valence electrons. The fraction of sp³-hybridized carbons (Fsp3) is 0.250. The highest BCUT2D eigenvalue weighted by atomic mass is 79.9. The third-order valence-corrected chi connectivity index (χ3v) is 6.37. The molecule has 0 unspecified atom stereocenters. The number of aromatic nitrogens is 1. The zero-order valence-electron chi connectivity index (χ0n) is 19.9. The average molecular weight is 535 g/mol. The normalized spacial score (nSPS) is 17.3. The van der Waals surface area contributed by atoms with Crippen LogP contribution < -0.4 is 4.74 Å². The van der Waals surface area contributed by atoms with Crippen molar-refractivity contribution in [1.29, 1.82) is 0 Å². The summed E-state index contributed by atoms with van der Waals surface area (Å²) >= 11 is 3.44. The second-order valence-electron chi connectivity index (χ2n) is 9.02. The maximum absolute atomic E-state index is 13.3. The molecular formula is C28H27BrN2O4. The molecule has 0 spiro atoms. The Morgan fingerprint density at radius 3 is 2.51 bits per heavy atom. The molecule has 0 aliphatic carbocycles. The number of ether oxygens (including phenoxy) is 1.